The van der Waals surface area contributed by atoms with Gasteiger partial charge in [-0.3, -0.25) is 4.79 Å². The van der Waals surface area contributed by atoms with Gasteiger partial charge >= 0.3 is 0 Å². The van der Waals surface area contributed by atoms with Gasteiger partial charge in [-0.05, 0) is 29.2 Å². The lowest BCUT2D eigenvalue weighted by molar-refractivity contribution is -0.116. The third-order valence-corrected chi connectivity index (χ3v) is 3.84. The minimum absolute atomic E-state index is 0.00434. The molecule has 1 nitrogen and oxygen atoms in total. The van der Waals surface area contributed by atoms with E-state index in [0.717, 1.165) is 23.1 Å². The van der Waals surface area contributed by atoms with Gasteiger partial charge in [0.1, 0.15) is 0 Å². The van der Waals surface area contributed by atoms with Crippen LogP contribution in [0.15, 0.2) is 71.4 Å². The van der Waals surface area contributed by atoms with Gasteiger partial charge in [0.05, 0.1) is 11.3 Å². The molecule has 0 aromatic rings. The van der Waals surface area contributed by atoms with Crippen LogP contribution in [0.1, 0.15) is 6.42 Å². The Labute approximate surface area is 112 Å². The molecule has 3 rings (SSSR count). The topological polar surface area (TPSA) is 17.1 Å². The third-order valence-electron chi connectivity index (χ3n) is 3.43. The predicted octanol–water partition coefficient (Wildman–Crippen LogP) is 3.66. The molecule has 0 amide bonds. The normalized spacial score (nSPS) is 29.6. The standard InChI is InChI=1S/C16H13ClO/c17-15-7-3-5-11-8-9-16(18)13-6-2-1-4-12(13)10-14(11)15/h1-6,8-10,13,15H,7H2. The number of carbonyl (C=O) groups excluding carboxylic acids is 1. The number of fused-ring (bicyclic) bond motifs is 1. The Morgan fingerprint density at radius 2 is 2.00 bits per heavy atom. The molecule has 0 aromatic heterocycles. The summed E-state index contributed by atoms with van der Waals surface area (Å²) in [6.07, 6.45) is 18.4. The van der Waals surface area contributed by atoms with Gasteiger partial charge in [0, 0.05) is 0 Å². The number of halogens is 1. The Morgan fingerprint density at radius 3 is 2.89 bits per heavy atom. The fourth-order valence-electron chi connectivity index (χ4n) is 2.45. The number of hydrogen-bond acceptors (Lipinski definition) is 1. The zero-order valence-corrected chi connectivity index (χ0v) is 10.6. The lowest BCUT2D eigenvalue weighted by Crippen LogP contribution is -2.17. The van der Waals surface area contributed by atoms with Crippen LogP contribution in [-0.4, -0.2) is 11.2 Å². The van der Waals surface area contributed by atoms with Crippen molar-refractivity contribution in [2.45, 2.75) is 11.8 Å². The van der Waals surface area contributed by atoms with Crippen molar-refractivity contribution in [1.29, 1.82) is 0 Å². The summed E-state index contributed by atoms with van der Waals surface area (Å²) >= 11 is 6.37. The van der Waals surface area contributed by atoms with Crippen LogP contribution in [0.4, 0.5) is 0 Å². The molecular weight excluding hydrogens is 244 g/mol. The maximum absolute atomic E-state index is 12.1. The zero-order valence-electron chi connectivity index (χ0n) is 9.84. The smallest absolute Gasteiger partial charge is 0.166 e. The highest BCUT2D eigenvalue weighted by molar-refractivity contribution is 6.23. The zero-order chi connectivity index (χ0) is 12.5. The van der Waals surface area contributed by atoms with E-state index in [1.165, 1.54) is 0 Å². The number of allylic oxidation sites excluding steroid dienone is 12. The number of carbonyl (C=O) groups is 1. The molecule has 0 spiro atoms. The SMILES string of the molecule is O=C1C=CC2=C(C=C3C=CC=CC13)C(Cl)CC=C2. The molecule has 2 unspecified atom stereocenters. The lowest BCUT2D eigenvalue weighted by atomic mass is 9.84. The second-order valence-electron chi connectivity index (χ2n) is 4.62. The summed E-state index contributed by atoms with van der Waals surface area (Å²) in [6.45, 7) is 0. The monoisotopic (exact) mass is 256 g/mol. The molecule has 0 bridgehead atoms. The Kier molecular flexibility index (Phi) is 2.92. The fourth-order valence-corrected chi connectivity index (χ4v) is 2.74. The molecule has 18 heavy (non-hydrogen) atoms. The highest BCUT2D eigenvalue weighted by Gasteiger charge is 2.23. The molecular formula is C16H13ClO. The van der Waals surface area contributed by atoms with Gasteiger partial charge in [-0.1, -0.05) is 48.6 Å². The van der Waals surface area contributed by atoms with E-state index in [4.69, 9.17) is 11.6 Å². The van der Waals surface area contributed by atoms with Crippen molar-refractivity contribution in [3.05, 3.63) is 71.4 Å². The first-order chi connectivity index (χ1) is 8.75. The molecule has 0 aromatic carbocycles. The van der Waals surface area contributed by atoms with Gasteiger partial charge in [0.25, 0.3) is 0 Å². The fraction of sp³-hybridized carbons (Fsp3) is 0.188. The summed E-state index contributed by atoms with van der Waals surface area (Å²) in [5, 5.41) is -0.00434. The average Bonchev–Trinajstić information content (AvgIpc) is 2.38. The molecule has 0 fully saturated rings. The van der Waals surface area contributed by atoms with E-state index in [2.05, 4.69) is 12.2 Å². The van der Waals surface area contributed by atoms with Crippen LogP contribution in [0.2, 0.25) is 0 Å². The summed E-state index contributed by atoms with van der Waals surface area (Å²) in [5.41, 5.74) is 3.19. The van der Waals surface area contributed by atoms with Crippen molar-refractivity contribution in [2.75, 3.05) is 0 Å². The summed E-state index contributed by atoms with van der Waals surface area (Å²) in [4.78, 5) is 12.1. The Hall–Kier alpha value is -1.60. The minimum Gasteiger partial charge on any atom is -0.294 e. The molecule has 2 atom stereocenters. The van der Waals surface area contributed by atoms with E-state index in [1.807, 2.05) is 36.5 Å². The van der Waals surface area contributed by atoms with Crippen molar-refractivity contribution in [1.82, 2.24) is 0 Å². The molecule has 0 radical (unpaired) electrons. The number of alkyl halides is 1. The molecule has 0 N–H and O–H groups in total. The number of ketones is 1. The second-order valence-corrected chi connectivity index (χ2v) is 5.14. The molecule has 0 aliphatic heterocycles. The van der Waals surface area contributed by atoms with Gasteiger partial charge in [0.15, 0.2) is 5.78 Å². The van der Waals surface area contributed by atoms with Crippen molar-refractivity contribution >= 4 is 17.4 Å². The predicted molar refractivity (Wildman–Crippen MR) is 74.4 cm³/mol. The van der Waals surface area contributed by atoms with Crippen LogP contribution in [0.5, 0.6) is 0 Å². The molecule has 90 valence electrons. The second kappa shape index (κ2) is 4.58. The number of rotatable bonds is 0. The maximum atomic E-state index is 12.1. The van der Waals surface area contributed by atoms with Crippen LogP contribution < -0.4 is 0 Å². The first-order valence-corrected chi connectivity index (χ1v) is 6.52. The van der Waals surface area contributed by atoms with Crippen LogP contribution in [-0.2, 0) is 4.79 Å². The van der Waals surface area contributed by atoms with E-state index >= 15 is 0 Å². The van der Waals surface area contributed by atoms with Gasteiger partial charge < -0.3 is 0 Å². The molecule has 0 saturated carbocycles. The lowest BCUT2D eigenvalue weighted by Gasteiger charge is -2.22. The highest BCUT2D eigenvalue weighted by Crippen LogP contribution is 2.32. The van der Waals surface area contributed by atoms with E-state index in [0.29, 0.717) is 0 Å². The van der Waals surface area contributed by atoms with Crippen LogP contribution in [0, 0.1) is 5.92 Å². The Morgan fingerprint density at radius 1 is 1.11 bits per heavy atom. The van der Waals surface area contributed by atoms with E-state index in [1.54, 1.807) is 6.08 Å². The summed E-state index contributed by atoms with van der Waals surface area (Å²) in [7, 11) is 0. The molecule has 3 aliphatic carbocycles. The van der Waals surface area contributed by atoms with Crippen molar-refractivity contribution in [3.63, 3.8) is 0 Å². The van der Waals surface area contributed by atoms with Gasteiger partial charge in [-0.2, -0.15) is 0 Å². The van der Waals surface area contributed by atoms with Crippen molar-refractivity contribution < 1.29 is 4.79 Å². The Balaban J connectivity index is 2.15. The Bertz CT molecular complexity index is 570. The first-order valence-electron chi connectivity index (χ1n) is 6.09. The van der Waals surface area contributed by atoms with Gasteiger partial charge in [-0.15, -0.1) is 11.6 Å². The summed E-state index contributed by atoms with van der Waals surface area (Å²) in [5.74, 6) is -0.0337. The minimum atomic E-state index is -0.157. The van der Waals surface area contributed by atoms with Crippen LogP contribution >= 0.6 is 11.6 Å². The highest BCUT2D eigenvalue weighted by atomic mass is 35.5. The molecule has 0 heterocycles. The summed E-state index contributed by atoms with van der Waals surface area (Å²) in [6, 6.07) is 0. The van der Waals surface area contributed by atoms with Crippen molar-refractivity contribution in [3.8, 4) is 0 Å². The van der Waals surface area contributed by atoms with E-state index in [9.17, 15) is 4.79 Å². The molecule has 2 heteroatoms. The van der Waals surface area contributed by atoms with Crippen molar-refractivity contribution in [2.24, 2.45) is 5.92 Å². The molecule has 3 aliphatic rings. The van der Waals surface area contributed by atoms with E-state index in [-0.39, 0.29) is 17.1 Å². The van der Waals surface area contributed by atoms with Gasteiger partial charge in [0.2, 0.25) is 0 Å². The average molecular weight is 257 g/mol. The quantitative estimate of drug-likeness (QED) is 0.605. The maximum Gasteiger partial charge on any atom is 0.166 e. The molecule has 0 saturated heterocycles. The van der Waals surface area contributed by atoms with Crippen LogP contribution in [0.25, 0.3) is 0 Å². The van der Waals surface area contributed by atoms with E-state index < -0.39 is 0 Å². The van der Waals surface area contributed by atoms with Crippen LogP contribution in [0.3, 0.4) is 0 Å². The first kappa shape index (κ1) is 11.5. The van der Waals surface area contributed by atoms with Gasteiger partial charge in [-0.25, -0.2) is 0 Å². The summed E-state index contributed by atoms with van der Waals surface area (Å²) < 4.78 is 0. The number of hydrogen-bond donors (Lipinski definition) is 0. The largest absolute Gasteiger partial charge is 0.294 e. The third kappa shape index (κ3) is 1.95.